The molecule has 100 valence electrons. The molecule has 8 heteroatoms. The van der Waals surface area contributed by atoms with Gasteiger partial charge in [-0.15, -0.1) is 0 Å². The van der Waals surface area contributed by atoms with E-state index in [1.165, 1.54) is 4.90 Å². The number of aliphatic hydroxyl groups is 1. The molecule has 1 rings (SSSR count). The molecule has 5 nitrogen and oxygen atoms in total. The molecule has 1 atom stereocenters. The van der Waals surface area contributed by atoms with Gasteiger partial charge in [0.05, 0.1) is 25.9 Å². The Morgan fingerprint density at radius 3 is 2.82 bits per heavy atom. The molecule has 1 fully saturated rings. The van der Waals surface area contributed by atoms with Gasteiger partial charge in [0.25, 0.3) is 0 Å². The van der Waals surface area contributed by atoms with Crippen molar-refractivity contribution in [2.45, 2.75) is 12.2 Å². The van der Waals surface area contributed by atoms with Gasteiger partial charge in [-0.25, -0.2) is 0 Å². The maximum atomic E-state index is 11.8. The van der Waals surface area contributed by atoms with E-state index >= 15 is 0 Å². The Labute approximate surface area is 96.1 Å². The summed E-state index contributed by atoms with van der Waals surface area (Å²) in [5.74, 6) is -0.573. The third-order valence-corrected chi connectivity index (χ3v) is 2.25. The van der Waals surface area contributed by atoms with Gasteiger partial charge < -0.3 is 19.5 Å². The van der Waals surface area contributed by atoms with Crippen molar-refractivity contribution in [1.82, 2.24) is 4.90 Å². The van der Waals surface area contributed by atoms with Crippen LogP contribution in [0.4, 0.5) is 13.2 Å². The highest BCUT2D eigenvalue weighted by Crippen LogP contribution is 2.14. The number of carbonyl (C=O) groups excluding carboxylic acids is 1. The average Bonchev–Trinajstić information content (AvgIpc) is 2.27. The van der Waals surface area contributed by atoms with E-state index in [0.29, 0.717) is 6.61 Å². The molecule has 0 bridgehead atoms. The summed E-state index contributed by atoms with van der Waals surface area (Å²) < 4.78 is 44.6. The number of alkyl halides is 3. The predicted octanol–water partition coefficient (Wildman–Crippen LogP) is -0.215. The Hall–Kier alpha value is -0.860. The number of amides is 1. The van der Waals surface area contributed by atoms with Crippen molar-refractivity contribution in [3.63, 3.8) is 0 Å². The van der Waals surface area contributed by atoms with Crippen LogP contribution in [0.5, 0.6) is 0 Å². The van der Waals surface area contributed by atoms with Gasteiger partial charge in [-0.2, -0.15) is 13.2 Å². The van der Waals surface area contributed by atoms with E-state index in [1.807, 2.05) is 0 Å². The monoisotopic (exact) mass is 257 g/mol. The zero-order valence-electron chi connectivity index (χ0n) is 9.07. The number of morpholine rings is 1. The van der Waals surface area contributed by atoms with Crippen LogP contribution in [0.3, 0.4) is 0 Å². The highest BCUT2D eigenvalue weighted by Gasteiger charge is 2.30. The van der Waals surface area contributed by atoms with Gasteiger partial charge in [-0.3, -0.25) is 4.79 Å². The molecular weight excluding hydrogens is 243 g/mol. The van der Waals surface area contributed by atoms with Crippen LogP contribution in [0.2, 0.25) is 0 Å². The number of halogens is 3. The lowest BCUT2D eigenvalue weighted by atomic mass is 10.2. The second-order valence-electron chi connectivity index (χ2n) is 3.61. The minimum Gasteiger partial charge on any atom is -0.394 e. The zero-order valence-corrected chi connectivity index (χ0v) is 9.07. The van der Waals surface area contributed by atoms with E-state index in [2.05, 4.69) is 4.74 Å². The minimum atomic E-state index is -4.44. The van der Waals surface area contributed by atoms with Crippen molar-refractivity contribution in [3.05, 3.63) is 0 Å². The quantitative estimate of drug-likeness (QED) is 0.756. The van der Waals surface area contributed by atoms with Crippen LogP contribution in [-0.4, -0.2) is 67.7 Å². The van der Waals surface area contributed by atoms with E-state index < -0.39 is 31.3 Å². The molecule has 0 aromatic heterocycles. The molecule has 1 N–H and O–H groups in total. The Morgan fingerprint density at radius 2 is 2.24 bits per heavy atom. The fraction of sp³-hybridized carbons (Fsp3) is 0.889. The third-order valence-electron chi connectivity index (χ3n) is 2.25. The van der Waals surface area contributed by atoms with Crippen molar-refractivity contribution in [1.29, 1.82) is 0 Å². The molecule has 0 saturated carbocycles. The van der Waals surface area contributed by atoms with Crippen molar-refractivity contribution >= 4 is 5.91 Å². The molecule has 0 aromatic rings. The van der Waals surface area contributed by atoms with Gasteiger partial charge in [0.1, 0.15) is 13.2 Å². The van der Waals surface area contributed by atoms with Gasteiger partial charge in [0.15, 0.2) is 0 Å². The summed E-state index contributed by atoms with van der Waals surface area (Å²) in [5.41, 5.74) is 0. The van der Waals surface area contributed by atoms with Crippen LogP contribution in [0, 0.1) is 0 Å². The van der Waals surface area contributed by atoms with Gasteiger partial charge in [0, 0.05) is 6.54 Å². The van der Waals surface area contributed by atoms with Crippen LogP contribution in [0.1, 0.15) is 0 Å². The number of ether oxygens (including phenoxy) is 2. The summed E-state index contributed by atoms with van der Waals surface area (Å²) in [5, 5.41) is 8.97. The first-order valence-electron chi connectivity index (χ1n) is 5.06. The highest BCUT2D eigenvalue weighted by molar-refractivity contribution is 5.77. The summed E-state index contributed by atoms with van der Waals surface area (Å²) in [7, 11) is 0. The Morgan fingerprint density at radius 1 is 1.53 bits per heavy atom. The standard InChI is InChI=1S/C9H14F3NO4/c10-9(11,12)6-17-5-8(15)13-1-2-16-4-7(13)3-14/h7,14H,1-6H2. The molecule has 1 aliphatic rings. The van der Waals surface area contributed by atoms with Crippen LogP contribution in [0.15, 0.2) is 0 Å². The molecule has 0 aliphatic carbocycles. The third kappa shape index (κ3) is 4.88. The number of hydrogen-bond donors (Lipinski definition) is 1. The fourth-order valence-electron chi connectivity index (χ4n) is 1.47. The molecule has 1 unspecified atom stereocenters. The lowest BCUT2D eigenvalue weighted by Gasteiger charge is -2.34. The van der Waals surface area contributed by atoms with E-state index in [1.54, 1.807) is 0 Å². The highest BCUT2D eigenvalue weighted by atomic mass is 19.4. The molecule has 0 aromatic carbocycles. The second kappa shape index (κ2) is 6.18. The van der Waals surface area contributed by atoms with Crippen molar-refractivity contribution in [2.24, 2.45) is 0 Å². The minimum absolute atomic E-state index is 0.182. The average molecular weight is 257 g/mol. The lowest BCUT2D eigenvalue weighted by Crippen LogP contribution is -2.51. The van der Waals surface area contributed by atoms with Crippen LogP contribution in [-0.2, 0) is 14.3 Å². The van der Waals surface area contributed by atoms with E-state index in [9.17, 15) is 18.0 Å². The molecule has 0 radical (unpaired) electrons. The molecular formula is C9H14F3NO4. The number of hydrogen-bond acceptors (Lipinski definition) is 4. The van der Waals surface area contributed by atoms with Gasteiger partial charge >= 0.3 is 6.18 Å². The number of aliphatic hydroxyl groups excluding tert-OH is 1. The predicted molar refractivity (Wildman–Crippen MR) is 50.3 cm³/mol. The van der Waals surface area contributed by atoms with Crippen molar-refractivity contribution in [3.8, 4) is 0 Å². The Bertz CT molecular complexity index is 259. The maximum Gasteiger partial charge on any atom is 0.411 e. The van der Waals surface area contributed by atoms with E-state index in [-0.39, 0.29) is 19.8 Å². The van der Waals surface area contributed by atoms with Gasteiger partial charge in [-0.1, -0.05) is 0 Å². The molecule has 17 heavy (non-hydrogen) atoms. The fourth-order valence-corrected chi connectivity index (χ4v) is 1.47. The molecule has 1 amide bonds. The lowest BCUT2D eigenvalue weighted by molar-refractivity contribution is -0.180. The summed E-state index contributed by atoms with van der Waals surface area (Å²) in [6, 6.07) is -0.509. The summed E-state index contributed by atoms with van der Waals surface area (Å²) in [6.45, 7) is -1.64. The zero-order chi connectivity index (χ0) is 12.9. The first-order chi connectivity index (χ1) is 7.94. The van der Waals surface area contributed by atoms with Gasteiger partial charge in [0.2, 0.25) is 5.91 Å². The largest absolute Gasteiger partial charge is 0.411 e. The van der Waals surface area contributed by atoms with Crippen LogP contribution >= 0.6 is 0 Å². The van der Waals surface area contributed by atoms with E-state index in [0.717, 1.165) is 0 Å². The smallest absolute Gasteiger partial charge is 0.394 e. The topological polar surface area (TPSA) is 59.0 Å². The van der Waals surface area contributed by atoms with E-state index in [4.69, 9.17) is 9.84 Å². The SMILES string of the molecule is O=C(COCC(F)(F)F)N1CCOCC1CO. The molecule has 1 aliphatic heterocycles. The summed E-state index contributed by atoms with van der Waals surface area (Å²) in [6.07, 6.45) is -4.44. The van der Waals surface area contributed by atoms with Gasteiger partial charge in [-0.05, 0) is 0 Å². The van der Waals surface area contributed by atoms with Crippen molar-refractivity contribution < 1.29 is 32.5 Å². The normalized spacial score (nSPS) is 21.6. The maximum absolute atomic E-state index is 11.8. The van der Waals surface area contributed by atoms with Crippen LogP contribution in [0.25, 0.3) is 0 Å². The Balaban J connectivity index is 2.35. The summed E-state index contributed by atoms with van der Waals surface area (Å²) in [4.78, 5) is 12.8. The summed E-state index contributed by atoms with van der Waals surface area (Å²) >= 11 is 0. The Kier molecular flexibility index (Phi) is 5.16. The molecule has 1 heterocycles. The van der Waals surface area contributed by atoms with Crippen LogP contribution < -0.4 is 0 Å². The first-order valence-corrected chi connectivity index (χ1v) is 5.06. The van der Waals surface area contributed by atoms with Crippen molar-refractivity contribution in [2.75, 3.05) is 39.6 Å². The number of carbonyl (C=O) groups is 1. The molecule has 1 saturated heterocycles. The number of rotatable bonds is 4. The molecule has 0 spiro atoms. The number of nitrogens with zero attached hydrogens (tertiary/aromatic N) is 1. The first kappa shape index (κ1) is 14.2. The second-order valence-corrected chi connectivity index (χ2v) is 3.61.